The van der Waals surface area contributed by atoms with E-state index in [0.29, 0.717) is 5.69 Å². The van der Waals surface area contributed by atoms with Gasteiger partial charge in [0.05, 0.1) is 11.7 Å². The van der Waals surface area contributed by atoms with Gasteiger partial charge in [0, 0.05) is 32.2 Å². The monoisotopic (exact) mass is 319 g/mol. The van der Waals surface area contributed by atoms with E-state index in [2.05, 4.69) is 10.2 Å². The minimum Gasteiger partial charge on any atom is -0.380 e. The molecule has 3 rings (SSSR count). The number of carbonyl (C=O) groups is 1. The van der Waals surface area contributed by atoms with Crippen molar-refractivity contribution < 1.29 is 9.18 Å². The lowest BCUT2D eigenvalue weighted by Gasteiger charge is -2.37. The predicted molar refractivity (Wildman–Crippen MR) is 89.9 cm³/mol. The second kappa shape index (κ2) is 7.30. The number of piperidine rings is 1. The van der Waals surface area contributed by atoms with Crippen molar-refractivity contribution in [3.63, 3.8) is 0 Å². The van der Waals surface area contributed by atoms with Crippen LogP contribution in [0.3, 0.4) is 0 Å². The van der Waals surface area contributed by atoms with Crippen molar-refractivity contribution >= 4 is 11.6 Å². The molecular formula is C18H26FN3O. The van der Waals surface area contributed by atoms with E-state index in [1.807, 2.05) is 17.9 Å². The number of rotatable bonds is 4. The summed E-state index contributed by atoms with van der Waals surface area (Å²) in [5, 5.41) is 3.30. The lowest BCUT2D eigenvalue weighted by molar-refractivity contribution is -0.135. The van der Waals surface area contributed by atoms with Crippen LogP contribution in [0, 0.1) is 5.82 Å². The standard InChI is InChI=1S/C18H26FN3O/c1-14(18(23)22-10-4-5-11-22)21-12-8-15(9-13-21)20-17-7-3-2-6-16(17)19/h2-3,6-7,14-15,20H,4-5,8-13H2,1H3/t14-/m1/s1. The van der Waals surface area contributed by atoms with Gasteiger partial charge in [-0.05, 0) is 44.7 Å². The first-order valence-corrected chi connectivity index (χ1v) is 8.69. The minimum atomic E-state index is -0.201. The summed E-state index contributed by atoms with van der Waals surface area (Å²) in [5.41, 5.74) is 0.576. The van der Waals surface area contributed by atoms with E-state index in [-0.39, 0.29) is 23.8 Å². The van der Waals surface area contributed by atoms with E-state index in [4.69, 9.17) is 0 Å². The van der Waals surface area contributed by atoms with Gasteiger partial charge in [0.2, 0.25) is 5.91 Å². The second-order valence-corrected chi connectivity index (χ2v) is 6.64. The largest absolute Gasteiger partial charge is 0.380 e. The molecule has 1 aromatic rings. The van der Waals surface area contributed by atoms with E-state index >= 15 is 0 Å². The number of para-hydroxylation sites is 1. The van der Waals surface area contributed by atoms with Crippen LogP contribution in [0.15, 0.2) is 24.3 Å². The molecule has 2 fully saturated rings. The summed E-state index contributed by atoms with van der Waals surface area (Å²) in [6.07, 6.45) is 4.14. The fraction of sp³-hybridized carbons (Fsp3) is 0.611. The SMILES string of the molecule is C[C@H](C(=O)N1CCCC1)N1CCC(Nc2ccccc2F)CC1. The molecule has 2 aliphatic rings. The number of amides is 1. The van der Waals surface area contributed by atoms with Crippen molar-refractivity contribution in [2.24, 2.45) is 0 Å². The fourth-order valence-corrected chi connectivity index (χ4v) is 3.59. The Hall–Kier alpha value is -1.62. The van der Waals surface area contributed by atoms with Crippen molar-refractivity contribution in [3.05, 3.63) is 30.1 Å². The Bertz CT molecular complexity index is 537. The molecule has 0 spiro atoms. The Labute approximate surface area is 137 Å². The maximum Gasteiger partial charge on any atom is 0.239 e. The maximum atomic E-state index is 13.7. The van der Waals surface area contributed by atoms with Crippen LogP contribution in [0.1, 0.15) is 32.6 Å². The molecule has 2 heterocycles. The van der Waals surface area contributed by atoms with Gasteiger partial charge in [-0.1, -0.05) is 12.1 Å². The second-order valence-electron chi connectivity index (χ2n) is 6.64. The quantitative estimate of drug-likeness (QED) is 0.927. The highest BCUT2D eigenvalue weighted by Gasteiger charge is 2.30. The van der Waals surface area contributed by atoms with Crippen LogP contribution in [0.2, 0.25) is 0 Å². The van der Waals surface area contributed by atoms with E-state index in [9.17, 15) is 9.18 Å². The summed E-state index contributed by atoms with van der Waals surface area (Å²) in [6, 6.07) is 7.04. The Morgan fingerprint density at radius 1 is 1.17 bits per heavy atom. The molecular weight excluding hydrogens is 293 g/mol. The smallest absolute Gasteiger partial charge is 0.239 e. The van der Waals surface area contributed by atoms with Gasteiger partial charge in [-0.2, -0.15) is 0 Å². The number of benzene rings is 1. The van der Waals surface area contributed by atoms with Gasteiger partial charge in [-0.3, -0.25) is 9.69 Å². The fourth-order valence-electron chi connectivity index (χ4n) is 3.59. The Morgan fingerprint density at radius 2 is 1.83 bits per heavy atom. The molecule has 1 atom stereocenters. The molecule has 1 aromatic carbocycles. The van der Waals surface area contributed by atoms with Crippen molar-refractivity contribution in [3.8, 4) is 0 Å². The zero-order valence-corrected chi connectivity index (χ0v) is 13.8. The van der Waals surface area contributed by atoms with Crippen LogP contribution in [-0.4, -0.2) is 54.0 Å². The third-order valence-electron chi connectivity index (χ3n) is 5.09. The Kier molecular flexibility index (Phi) is 5.16. The van der Waals surface area contributed by atoms with Crippen molar-refractivity contribution in [2.75, 3.05) is 31.5 Å². The summed E-state index contributed by atoms with van der Waals surface area (Å²) in [7, 11) is 0. The summed E-state index contributed by atoms with van der Waals surface area (Å²) in [5.74, 6) is 0.0653. The number of hydrogen-bond acceptors (Lipinski definition) is 3. The first-order valence-electron chi connectivity index (χ1n) is 8.69. The molecule has 0 aliphatic carbocycles. The van der Waals surface area contributed by atoms with Crippen LogP contribution >= 0.6 is 0 Å². The number of hydrogen-bond donors (Lipinski definition) is 1. The van der Waals surface area contributed by atoms with Crippen LogP contribution < -0.4 is 5.32 Å². The highest BCUT2D eigenvalue weighted by Crippen LogP contribution is 2.21. The normalized spacial score (nSPS) is 21.4. The van der Waals surface area contributed by atoms with E-state index in [0.717, 1.165) is 51.9 Å². The molecule has 2 saturated heterocycles. The lowest BCUT2D eigenvalue weighted by atomic mass is 10.0. The first kappa shape index (κ1) is 16.2. The van der Waals surface area contributed by atoms with Gasteiger partial charge in [-0.15, -0.1) is 0 Å². The number of nitrogens with zero attached hydrogens (tertiary/aromatic N) is 2. The molecule has 5 heteroatoms. The molecule has 0 radical (unpaired) electrons. The van der Waals surface area contributed by atoms with Crippen molar-refractivity contribution in [1.82, 2.24) is 9.80 Å². The molecule has 0 aromatic heterocycles. The van der Waals surface area contributed by atoms with Crippen LogP contribution in [-0.2, 0) is 4.79 Å². The Balaban J connectivity index is 1.50. The topological polar surface area (TPSA) is 35.6 Å². The summed E-state index contributed by atoms with van der Waals surface area (Å²) >= 11 is 0. The summed E-state index contributed by atoms with van der Waals surface area (Å²) in [4.78, 5) is 16.7. The molecule has 1 amide bonds. The maximum absolute atomic E-state index is 13.7. The van der Waals surface area contributed by atoms with E-state index in [1.54, 1.807) is 12.1 Å². The van der Waals surface area contributed by atoms with Gasteiger partial charge in [-0.25, -0.2) is 4.39 Å². The molecule has 4 nitrogen and oxygen atoms in total. The van der Waals surface area contributed by atoms with E-state index in [1.165, 1.54) is 6.07 Å². The van der Waals surface area contributed by atoms with Crippen molar-refractivity contribution in [1.29, 1.82) is 0 Å². The zero-order valence-electron chi connectivity index (χ0n) is 13.8. The number of nitrogens with one attached hydrogen (secondary N) is 1. The van der Waals surface area contributed by atoms with Crippen LogP contribution in [0.5, 0.6) is 0 Å². The van der Waals surface area contributed by atoms with Crippen LogP contribution in [0.4, 0.5) is 10.1 Å². The third kappa shape index (κ3) is 3.83. The molecule has 0 saturated carbocycles. The molecule has 126 valence electrons. The summed E-state index contributed by atoms with van der Waals surface area (Å²) < 4.78 is 13.7. The summed E-state index contributed by atoms with van der Waals surface area (Å²) in [6.45, 7) is 5.61. The molecule has 23 heavy (non-hydrogen) atoms. The highest BCUT2D eigenvalue weighted by atomic mass is 19.1. The predicted octanol–water partition coefficient (Wildman–Crippen LogP) is 2.71. The number of likely N-dealkylation sites (tertiary alicyclic amines) is 2. The number of anilines is 1. The van der Waals surface area contributed by atoms with Crippen LogP contribution in [0.25, 0.3) is 0 Å². The average Bonchev–Trinajstić information content (AvgIpc) is 3.11. The zero-order chi connectivity index (χ0) is 16.2. The Morgan fingerprint density at radius 3 is 2.48 bits per heavy atom. The highest BCUT2D eigenvalue weighted by molar-refractivity contribution is 5.81. The van der Waals surface area contributed by atoms with Gasteiger partial charge in [0.15, 0.2) is 0 Å². The molecule has 2 aliphatic heterocycles. The number of carbonyl (C=O) groups excluding carboxylic acids is 1. The van der Waals surface area contributed by atoms with Crippen molar-refractivity contribution in [2.45, 2.75) is 44.7 Å². The van der Waals surface area contributed by atoms with Gasteiger partial charge >= 0.3 is 0 Å². The average molecular weight is 319 g/mol. The van der Waals surface area contributed by atoms with Gasteiger partial charge < -0.3 is 10.2 Å². The number of halogens is 1. The molecule has 0 bridgehead atoms. The lowest BCUT2D eigenvalue weighted by Crippen LogP contribution is -2.50. The first-order chi connectivity index (χ1) is 11.1. The van der Waals surface area contributed by atoms with Gasteiger partial charge in [0.1, 0.15) is 5.82 Å². The minimum absolute atomic E-state index is 0.0393. The molecule has 0 unspecified atom stereocenters. The molecule has 1 N–H and O–H groups in total. The third-order valence-corrected chi connectivity index (χ3v) is 5.09. The van der Waals surface area contributed by atoms with Gasteiger partial charge in [0.25, 0.3) is 0 Å². The van der Waals surface area contributed by atoms with E-state index < -0.39 is 0 Å².